The van der Waals surface area contributed by atoms with Crippen molar-refractivity contribution in [3.05, 3.63) is 41.7 Å². The summed E-state index contributed by atoms with van der Waals surface area (Å²) in [6.45, 7) is 7.65. The molecule has 132 valence electrons. The molecule has 1 atom stereocenters. The number of furan rings is 1. The van der Waals surface area contributed by atoms with Gasteiger partial charge in [0.15, 0.2) is 5.76 Å². The molecule has 0 N–H and O–H groups in total. The molecule has 1 aliphatic rings. The van der Waals surface area contributed by atoms with Crippen LogP contribution in [0.3, 0.4) is 0 Å². The zero-order valence-electron chi connectivity index (χ0n) is 14.4. The van der Waals surface area contributed by atoms with Crippen molar-refractivity contribution in [2.45, 2.75) is 33.0 Å². The Bertz CT molecular complexity index is 837. The molecule has 8 nitrogen and oxygen atoms in total. The number of aromatic nitrogens is 4. The van der Waals surface area contributed by atoms with E-state index in [2.05, 4.69) is 20.2 Å². The van der Waals surface area contributed by atoms with Crippen LogP contribution in [0.5, 0.6) is 0 Å². The van der Waals surface area contributed by atoms with Crippen LogP contribution < -0.4 is 0 Å². The van der Waals surface area contributed by atoms with Crippen LogP contribution in [0.25, 0.3) is 11.7 Å². The third-order valence-electron chi connectivity index (χ3n) is 4.26. The van der Waals surface area contributed by atoms with E-state index in [0.717, 1.165) is 30.8 Å². The third-order valence-corrected chi connectivity index (χ3v) is 4.26. The van der Waals surface area contributed by atoms with Crippen molar-refractivity contribution in [1.82, 2.24) is 24.9 Å². The normalized spacial score (nSPS) is 18.7. The van der Waals surface area contributed by atoms with Crippen LogP contribution in [0.4, 0.5) is 0 Å². The first kappa shape index (κ1) is 16.0. The Kier molecular flexibility index (Phi) is 4.37. The quantitative estimate of drug-likeness (QED) is 0.701. The SMILES string of the molecule is Cc1cnn(C[C@@H]2CN(Cc3nnc(-c4occc4C)o3)CCO2)c1. The summed E-state index contributed by atoms with van der Waals surface area (Å²) in [7, 11) is 0. The maximum atomic E-state index is 5.85. The minimum atomic E-state index is 0.0998. The predicted octanol–water partition coefficient (Wildman–Crippen LogP) is 2.04. The van der Waals surface area contributed by atoms with Crippen LogP contribution in [0.1, 0.15) is 17.0 Å². The van der Waals surface area contributed by atoms with Gasteiger partial charge in [-0.1, -0.05) is 0 Å². The molecule has 0 saturated carbocycles. The van der Waals surface area contributed by atoms with Gasteiger partial charge in [-0.3, -0.25) is 9.58 Å². The van der Waals surface area contributed by atoms with Crippen molar-refractivity contribution in [2.24, 2.45) is 0 Å². The Hall–Kier alpha value is -2.45. The zero-order valence-corrected chi connectivity index (χ0v) is 14.4. The van der Waals surface area contributed by atoms with E-state index < -0.39 is 0 Å². The summed E-state index contributed by atoms with van der Waals surface area (Å²) < 4.78 is 18.9. The Labute approximate surface area is 145 Å². The maximum absolute atomic E-state index is 5.85. The Morgan fingerprint density at radius 2 is 2.20 bits per heavy atom. The molecule has 1 saturated heterocycles. The number of hydrogen-bond acceptors (Lipinski definition) is 7. The Morgan fingerprint density at radius 1 is 1.28 bits per heavy atom. The number of hydrogen-bond donors (Lipinski definition) is 0. The smallest absolute Gasteiger partial charge is 0.283 e. The predicted molar refractivity (Wildman–Crippen MR) is 88.7 cm³/mol. The zero-order chi connectivity index (χ0) is 17.2. The molecule has 4 heterocycles. The molecule has 0 aliphatic carbocycles. The van der Waals surface area contributed by atoms with E-state index >= 15 is 0 Å². The number of ether oxygens (including phenoxy) is 1. The highest BCUT2D eigenvalue weighted by Crippen LogP contribution is 2.23. The molecule has 4 rings (SSSR count). The molecule has 0 bridgehead atoms. The van der Waals surface area contributed by atoms with Crippen molar-refractivity contribution in [3.63, 3.8) is 0 Å². The van der Waals surface area contributed by atoms with Crippen LogP contribution in [0.15, 0.2) is 33.6 Å². The van der Waals surface area contributed by atoms with Crippen molar-refractivity contribution >= 4 is 0 Å². The fourth-order valence-electron chi connectivity index (χ4n) is 3.00. The van der Waals surface area contributed by atoms with E-state index in [-0.39, 0.29) is 6.10 Å². The summed E-state index contributed by atoms with van der Waals surface area (Å²) in [4.78, 5) is 2.26. The molecule has 3 aromatic heterocycles. The standard InChI is InChI=1S/C17H21N5O3/c1-12-7-18-22(8-12)10-14-9-21(4-6-23-14)11-15-19-20-17(25-15)16-13(2)3-5-24-16/h3,5,7-8,14H,4,6,9-11H2,1-2H3/t14-/m0/s1. The molecule has 1 aliphatic heterocycles. The molecule has 1 fully saturated rings. The number of rotatable bonds is 5. The maximum Gasteiger partial charge on any atom is 0.283 e. The molecule has 3 aromatic rings. The second-order valence-electron chi connectivity index (χ2n) is 6.40. The first-order chi connectivity index (χ1) is 12.2. The second kappa shape index (κ2) is 6.81. The fourth-order valence-corrected chi connectivity index (χ4v) is 3.00. The van der Waals surface area contributed by atoms with Crippen LogP contribution in [0, 0.1) is 13.8 Å². The summed E-state index contributed by atoms with van der Waals surface area (Å²) >= 11 is 0. The van der Waals surface area contributed by atoms with Crippen LogP contribution >= 0.6 is 0 Å². The van der Waals surface area contributed by atoms with Crippen molar-refractivity contribution in [1.29, 1.82) is 0 Å². The van der Waals surface area contributed by atoms with Gasteiger partial charge in [0.05, 0.1) is 38.3 Å². The summed E-state index contributed by atoms with van der Waals surface area (Å²) in [5.41, 5.74) is 2.13. The van der Waals surface area contributed by atoms with Crippen LogP contribution in [-0.4, -0.2) is 50.7 Å². The third kappa shape index (κ3) is 3.64. The van der Waals surface area contributed by atoms with Gasteiger partial charge in [-0.2, -0.15) is 5.10 Å². The summed E-state index contributed by atoms with van der Waals surface area (Å²) in [5, 5.41) is 12.6. The topological polar surface area (TPSA) is 82.4 Å². The lowest BCUT2D eigenvalue weighted by Gasteiger charge is -2.31. The average Bonchev–Trinajstić information content (AvgIpc) is 3.30. The van der Waals surface area contributed by atoms with E-state index in [0.29, 0.717) is 30.7 Å². The molecule has 0 unspecified atom stereocenters. The van der Waals surface area contributed by atoms with E-state index in [1.165, 1.54) is 0 Å². The van der Waals surface area contributed by atoms with E-state index in [9.17, 15) is 0 Å². The van der Waals surface area contributed by atoms with E-state index in [4.69, 9.17) is 13.6 Å². The summed E-state index contributed by atoms with van der Waals surface area (Å²) in [5.74, 6) is 1.64. The van der Waals surface area contributed by atoms with Crippen molar-refractivity contribution < 1.29 is 13.6 Å². The van der Waals surface area contributed by atoms with Gasteiger partial charge in [-0.05, 0) is 25.5 Å². The van der Waals surface area contributed by atoms with Crippen LogP contribution in [-0.2, 0) is 17.8 Å². The lowest BCUT2D eigenvalue weighted by Crippen LogP contribution is -2.43. The van der Waals surface area contributed by atoms with Gasteiger partial charge in [0.1, 0.15) is 0 Å². The molecule has 0 spiro atoms. The van der Waals surface area contributed by atoms with Gasteiger partial charge >= 0.3 is 0 Å². The molecule has 0 radical (unpaired) electrons. The average molecular weight is 343 g/mol. The summed E-state index contributed by atoms with van der Waals surface area (Å²) in [6, 6.07) is 1.88. The Balaban J connectivity index is 1.37. The van der Waals surface area contributed by atoms with Gasteiger partial charge in [-0.15, -0.1) is 10.2 Å². The van der Waals surface area contributed by atoms with Gasteiger partial charge in [0.2, 0.25) is 5.89 Å². The molecular weight excluding hydrogens is 322 g/mol. The number of morpholine rings is 1. The molecule has 8 heteroatoms. The van der Waals surface area contributed by atoms with Gasteiger partial charge < -0.3 is 13.6 Å². The second-order valence-corrected chi connectivity index (χ2v) is 6.40. The highest BCUT2D eigenvalue weighted by Gasteiger charge is 2.23. The molecule has 0 aromatic carbocycles. The molecular formula is C17H21N5O3. The highest BCUT2D eigenvalue weighted by atomic mass is 16.5. The minimum absolute atomic E-state index is 0.0998. The molecule has 0 amide bonds. The van der Waals surface area contributed by atoms with Crippen molar-refractivity contribution in [3.8, 4) is 11.7 Å². The first-order valence-corrected chi connectivity index (χ1v) is 8.37. The number of aryl methyl sites for hydroxylation is 2. The Morgan fingerprint density at radius 3 is 2.96 bits per heavy atom. The summed E-state index contributed by atoms with van der Waals surface area (Å²) in [6.07, 6.45) is 5.61. The minimum Gasteiger partial charge on any atom is -0.459 e. The van der Waals surface area contributed by atoms with E-state index in [1.807, 2.05) is 37.0 Å². The highest BCUT2D eigenvalue weighted by molar-refractivity contribution is 5.49. The van der Waals surface area contributed by atoms with Gasteiger partial charge in [-0.25, -0.2) is 0 Å². The molecule has 25 heavy (non-hydrogen) atoms. The van der Waals surface area contributed by atoms with E-state index in [1.54, 1.807) is 6.26 Å². The lowest BCUT2D eigenvalue weighted by molar-refractivity contribution is -0.0422. The van der Waals surface area contributed by atoms with Crippen molar-refractivity contribution in [2.75, 3.05) is 19.7 Å². The number of nitrogens with zero attached hydrogens (tertiary/aromatic N) is 5. The fraction of sp³-hybridized carbons (Fsp3) is 0.471. The van der Waals surface area contributed by atoms with Crippen LogP contribution in [0.2, 0.25) is 0 Å². The first-order valence-electron chi connectivity index (χ1n) is 8.37. The largest absolute Gasteiger partial charge is 0.459 e. The lowest BCUT2D eigenvalue weighted by atomic mass is 10.2. The monoisotopic (exact) mass is 343 g/mol. The van der Waals surface area contributed by atoms with Gasteiger partial charge in [0.25, 0.3) is 5.89 Å². The van der Waals surface area contributed by atoms with Gasteiger partial charge in [0, 0.05) is 24.8 Å².